The third-order valence-electron chi connectivity index (χ3n) is 2.93. The van der Waals surface area contributed by atoms with Crippen LogP contribution in [0.3, 0.4) is 0 Å². The van der Waals surface area contributed by atoms with Gasteiger partial charge in [-0.05, 0) is 27.7 Å². The second kappa shape index (κ2) is 3.43. The Morgan fingerprint density at radius 3 is 1.47 bits per heavy atom. The van der Waals surface area contributed by atoms with E-state index in [1.165, 1.54) is 0 Å². The minimum absolute atomic E-state index is 0.0493. The van der Waals surface area contributed by atoms with Crippen LogP contribution in [-0.4, -0.2) is 28.8 Å². The zero-order valence-corrected chi connectivity index (χ0v) is 10.7. The first-order valence-electron chi connectivity index (χ1n) is 5.82. The van der Waals surface area contributed by atoms with E-state index >= 15 is 0 Å². The molecule has 0 bridgehead atoms. The van der Waals surface area contributed by atoms with Gasteiger partial charge in [0.1, 0.15) is 0 Å². The summed E-state index contributed by atoms with van der Waals surface area (Å²) in [6, 6.07) is 0. The molecule has 17 heavy (non-hydrogen) atoms. The number of carbonyl (C=O) groups is 2. The molecule has 96 valence electrons. The van der Waals surface area contributed by atoms with Gasteiger partial charge in [-0.3, -0.25) is 20.2 Å². The van der Waals surface area contributed by atoms with Crippen molar-refractivity contribution in [1.82, 2.24) is 21.3 Å². The third kappa shape index (κ3) is 2.58. The minimum atomic E-state index is -0.655. The Kier molecular flexibility index (Phi) is 2.48. The van der Waals surface area contributed by atoms with Crippen LogP contribution in [0, 0.1) is 0 Å². The van der Waals surface area contributed by atoms with Gasteiger partial charge in [-0.1, -0.05) is 0 Å². The van der Waals surface area contributed by atoms with Gasteiger partial charge in [0, 0.05) is 0 Å². The summed E-state index contributed by atoms with van der Waals surface area (Å²) in [6.45, 7) is 7.53. The molecule has 0 aliphatic carbocycles. The monoisotopic (exact) mass is 240 g/mol. The predicted molar refractivity (Wildman–Crippen MR) is 62.7 cm³/mol. The van der Waals surface area contributed by atoms with E-state index in [0.29, 0.717) is 0 Å². The highest BCUT2D eigenvalue weighted by Crippen LogP contribution is 2.26. The van der Waals surface area contributed by atoms with Crippen molar-refractivity contribution >= 4 is 11.8 Å². The molecule has 2 amide bonds. The number of hydrogen-bond acceptors (Lipinski definition) is 4. The van der Waals surface area contributed by atoms with Crippen LogP contribution in [0.15, 0.2) is 0 Å². The van der Waals surface area contributed by atoms with E-state index in [9.17, 15) is 9.59 Å². The van der Waals surface area contributed by atoms with Crippen molar-refractivity contribution in [3.8, 4) is 0 Å². The molecule has 0 aromatic rings. The lowest BCUT2D eigenvalue weighted by molar-refractivity contribution is -0.137. The van der Waals surface area contributed by atoms with E-state index in [-0.39, 0.29) is 24.7 Å². The second-order valence-corrected chi connectivity index (χ2v) is 6.03. The number of hydrogen-bond donors (Lipinski definition) is 4. The normalized spacial score (nSPS) is 29.6. The Bertz CT molecular complexity index is 340. The molecule has 2 aliphatic heterocycles. The Balaban J connectivity index is 2.28. The average molecular weight is 240 g/mol. The highest BCUT2D eigenvalue weighted by atomic mass is 16.2. The van der Waals surface area contributed by atoms with E-state index in [0.717, 1.165) is 0 Å². The summed E-state index contributed by atoms with van der Waals surface area (Å²) >= 11 is 0. The van der Waals surface area contributed by atoms with Gasteiger partial charge in [0.05, 0.1) is 29.8 Å². The predicted octanol–water partition coefficient (Wildman–Crippen LogP) is -0.626. The number of nitrogens with one attached hydrogen (secondary N) is 4. The van der Waals surface area contributed by atoms with E-state index in [1.54, 1.807) is 0 Å². The van der Waals surface area contributed by atoms with Gasteiger partial charge in [0.15, 0.2) is 0 Å². The molecule has 0 saturated carbocycles. The van der Waals surface area contributed by atoms with Crippen molar-refractivity contribution in [3.05, 3.63) is 0 Å². The van der Waals surface area contributed by atoms with Crippen molar-refractivity contribution in [2.24, 2.45) is 0 Å². The van der Waals surface area contributed by atoms with Crippen molar-refractivity contribution in [1.29, 1.82) is 0 Å². The smallest absolute Gasteiger partial charge is 0.224 e. The highest BCUT2D eigenvalue weighted by molar-refractivity contribution is 5.83. The molecule has 2 fully saturated rings. The molecule has 2 aliphatic rings. The fraction of sp³-hybridized carbons (Fsp3) is 0.818. The summed E-state index contributed by atoms with van der Waals surface area (Å²) in [5, 5.41) is 12.3. The molecule has 6 nitrogen and oxygen atoms in total. The molecule has 2 heterocycles. The highest BCUT2D eigenvalue weighted by Gasteiger charge is 2.49. The number of carbonyl (C=O) groups excluding carboxylic acids is 2. The molecular weight excluding hydrogens is 220 g/mol. The van der Waals surface area contributed by atoms with Gasteiger partial charge in [0.25, 0.3) is 0 Å². The first-order valence-corrected chi connectivity index (χ1v) is 5.82. The largest absolute Gasteiger partial charge is 0.338 e. The van der Waals surface area contributed by atoms with Gasteiger partial charge in [-0.15, -0.1) is 0 Å². The third-order valence-corrected chi connectivity index (χ3v) is 2.93. The second-order valence-electron chi connectivity index (χ2n) is 6.03. The quantitative estimate of drug-likeness (QED) is 0.454. The molecule has 0 aromatic carbocycles. The van der Waals surface area contributed by atoms with Crippen LogP contribution >= 0.6 is 0 Å². The Hall–Kier alpha value is -1.14. The maximum atomic E-state index is 11.7. The van der Waals surface area contributed by atoms with Gasteiger partial charge in [-0.25, -0.2) is 0 Å². The number of amides is 2. The van der Waals surface area contributed by atoms with Crippen molar-refractivity contribution in [2.45, 2.75) is 57.5 Å². The fourth-order valence-corrected chi connectivity index (χ4v) is 2.86. The van der Waals surface area contributed by atoms with Crippen LogP contribution in [-0.2, 0) is 9.59 Å². The summed E-state index contributed by atoms with van der Waals surface area (Å²) in [7, 11) is 0. The molecule has 6 heteroatoms. The molecule has 4 N–H and O–H groups in total. The van der Waals surface area contributed by atoms with Crippen LogP contribution < -0.4 is 21.3 Å². The summed E-state index contributed by atoms with van der Waals surface area (Å²) in [5.41, 5.74) is -1.69. The summed E-state index contributed by atoms with van der Waals surface area (Å²) in [6.07, 6.45) is 0.514. The average Bonchev–Trinajstić information content (AvgIpc) is 1.90. The maximum absolute atomic E-state index is 11.7. The topological polar surface area (TPSA) is 82.3 Å². The van der Waals surface area contributed by atoms with E-state index < -0.39 is 17.0 Å². The zero-order chi connectivity index (χ0) is 12.9. The fourth-order valence-electron chi connectivity index (χ4n) is 2.86. The van der Waals surface area contributed by atoms with Gasteiger partial charge in [0.2, 0.25) is 11.8 Å². The Labute approximate surface area is 101 Å². The first kappa shape index (κ1) is 12.3. The van der Waals surface area contributed by atoms with Crippen LogP contribution in [0.2, 0.25) is 0 Å². The summed E-state index contributed by atoms with van der Waals surface area (Å²) in [5.74, 6) is -0.0986. The molecular formula is C11H20N4O2. The van der Waals surface area contributed by atoms with Gasteiger partial charge < -0.3 is 10.6 Å². The Morgan fingerprint density at radius 1 is 0.824 bits per heavy atom. The van der Waals surface area contributed by atoms with E-state index in [2.05, 4.69) is 21.3 Å². The molecule has 0 radical (unpaired) electrons. The molecule has 2 saturated heterocycles. The van der Waals surface area contributed by atoms with Crippen molar-refractivity contribution in [2.75, 3.05) is 0 Å². The van der Waals surface area contributed by atoms with Gasteiger partial charge >= 0.3 is 0 Å². The molecule has 1 spiro atoms. The van der Waals surface area contributed by atoms with Crippen molar-refractivity contribution in [3.63, 3.8) is 0 Å². The van der Waals surface area contributed by atoms with Crippen LogP contribution in [0.1, 0.15) is 40.5 Å². The van der Waals surface area contributed by atoms with Crippen LogP contribution in [0.5, 0.6) is 0 Å². The lowest BCUT2D eigenvalue weighted by atomic mass is 9.90. The van der Waals surface area contributed by atoms with Gasteiger partial charge in [-0.2, -0.15) is 0 Å². The zero-order valence-electron chi connectivity index (χ0n) is 10.7. The Morgan fingerprint density at radius 2 is 1.18 bits per heavy atom. The standard InChI is InChI=1S/C11H20N4O2/c1-9(2)12-7(16)5-11(14-9)6-8(17)13-10(3,4)15-11/h14-15H,5-6H2,1-4H3,(H,12,16)(H,13,17). The number of rotatable bonds is 0. The van der Waals surface area contributed by atoms with Crippen LogP contribution in [0.25, 0.3) is 0 Å². The summed E-state index contributed by atoms with van der Waals surface area (Å²) in [4.78, 5) is 23.5. The van der Waals surface area contributed by atoms with E-state index in [4.69, 9.17) is 0 Å². The maximum Gasteiger partial charge on any atom is 0.224 e. The summed E-state index contributed by atoms with van der Waals surface area (Å²) < 4.78 is 0. The van der Waals surface area contributed by atoms with Crippen LogP contribution in [0.4, 0.5) is 0 Å². The SMILES string of the molecule is CC1(C)NC(=O)CC2(CC(=O)NC(C)(C)N2)N1. The lowest BCUT2D eigenvalue weighted by Gasteiger charge is -2.52. The lowest BCUT2D eigenvalue weighted by Crippen LogP contribution is -2.81. The van der Waals surface area contributed by atoms with E-state index in [1.807, 2.05) is 27.7 Å². The molecule has 0 unspecified atom stereocenters. The molecule has 2 rings (SSSR count). The molecule has 0 aromatic heterocycles. The molecule has 0 atom stereocenters. The first-order chi connectivity index (χ1) is 7.62. The minimum Gasteiger partial charge on any atom is -0.338 e. The van der Waals surface area contributed by atoms with Crippen molar-refractivity contribution < 1.29 is 9.59 Å².